The molecule has 0 bridgehead atoms. The molecule has 0 aliphatic heterocycles. The van der Waals surface area contributed by atoms with E-state index in [4.69, 9.17) is 5.26 Å². The Labute approximate surface area is 126 Å². The highest BCUT2D eigenvalue weighted by molar-refractivity contribution is 5.67. The number of benzene rings is 1. The lowest BCUT2D eigenvalue weighted by molar-refractivity contribution is 0.881. The minimum absolute atomic E-state index is 0.575. The molecule has 0 fully saturated rings. The van der Waals surface area contributed by atoms with Gasteiger partial charge in [-0.2, -0.15) is 15.5 Å². The second-order valence-corrected chi connectivity index (χ2v) is 4.93. The van der Waals surface area contributed by atoms with Gasteiger partial charge in [0.15, 0.2) is 0 Å². The molecule has 0 saturated carbocycles. The van der Waals surface area contributed by atoms with Crippen LogP contribution in [0.4, 0.5) is 0 Å². The maximum atomic E-state index is 9.02. The summed E-state index contributed by atoms with van der Waals surface area (Å²) in [4.78, 5) is 0. The van der Waals surface area contributed by atoms with Gasteiger partial charge in [-0.3, -0.25) is 0 Å². The summed E-state index contributed by atoms with van der Waals surface area (Å²) in [6.07, 6.45) is 7.28. The summed E-state index contributed by atoms with van der Waals surface area (Å²) in [5.41, 5.74) is 4.40. The van der Waals surface area contributed by atoms with Crippen molar-refractivity contribution < 1.29 is 0 Å². The molecule has 5 nitrogen and oxygen atoms in total. The van der Waals surface area contributed by atoms with Crippen molar-refractivity contribution in [3.05, 3.63) is 72.8 Å². The first-order chi connectivity index (χ1) is 10.8. The van der Waals surface area contributed by atoms with Crippen LogP contribution in [0.2, 0.25) is 0 Å². The SMILES string of the molecule is N#Cc1cnn2cc(-c3cnn(-c4ccccc4)c3)ccc12. The largest absolute Gasteiger partial charge is 0.240 e. The molecule has 3 heterocycles. The van der Waals surface area contributed by atoms with Crippen molar-refractivity contribution in [2.45, 2.75) is 0 Å². The molecular formula is C17H11N5. The standard InChI is InChI=1S/C17H11N5/c18-8-14-9-20-22-11-13(6-7-17(14)22)15-10-19-21(12-15)16-4-2-1-3-5-16/h1-7,9-12H. The zero-order valence-electron chi connectivity index (χ0n) is 11.6. The predicted molar refractivity (Wildman–Crippen MR) is 82.5 cm³/mol. The number of para-hydroxylation sites is 1. The Hall–Kier alpha value is -3.39. The molecule has 1 aromatic carbocycles. The molecule has 0 radical (unpaired) electrons. The van der Waals surface area contributed by atoms with E-state index in [9.17, 15) is 0 Å². The molecule has 0 aliphatic rings. The highest BCUT2D eigenvalue weighted by Gasteiger charge is 2.07. The van der Waals surface area contributed by atoms with Crippen molar-refractivity contribution in [1.29, 1.82) is 5.26 Å². The first kappa shape index (κ1) is 12.4. The number of nitrogens with zero attached hydrogens (tertiary/aromatic N) is 5. The summed E-state index contributed by atoms with van der Waals surface area (Å²) in [6, 6.07) is 16.0. The van der Waals surface area contributed by atoms with Gasteiger partial charge < -0.3 is 0 Å². The molecule has 0 amide bonds. The van der Waals surface area contributed by atoms with Crippen LogP contribution in [0, 0.1) is 11.3 Å². The molecule has 104 valence electrons. The molecule has 4 aromatic rings. The Bertz CT molecular complexity index is 989. The minimum Gasteiger partial charge on any atom is -0.240 e. The average molecular weight is 285 g/mol. The Morgan fingerprint density at radius 2 is 1.73 bits per heavy atom. The predicted octanol–water partition coefficient (Wildman–Crippen LogP) is 3.06. The maximum absolute atomic E-state index is 9.02. The van der Waals surface area contributed by atoms with Gasteiger partial charge in [-0.25, -0.2) is 9.20 Å². The lowest BCUT2D eigenvalue weighted by Gasteiger charge is -2.00. The topological polar surface area (TPSA) is 58.9 Å². The van der Waals surface area contributed by atoms with E-state index in [1.165, 1.54) is 0 Å². The van der Waals surface area contributed by atoms with Gasteiger partial charge in [0.1, 0.15) is 6.07 Å². The molecule has 0 N–H and O–H groups in total. The Morgan fingerprint density at radius 3 is 2.55 bits per heavy atom. The summed E-state index contributed by atoms with van der Waals surface area (Å²) < 4.78 is 3.55. The number of aromatic nitrogens is 4. The fourth-order valence-electron chi connectivity index (χ4n) is 2.43. The normalized spacial score (nSPS) is 10.7. The molecule has 22 heavy (non-hydrogen) atoms. The lowest BCUT2D eigenvalue weighted by atomic mass is 10.1. The van der Waals surface area contributed by atoms with E-state index in [-0.39, 0.29) is 0 Å². The number of pyridine rings is 1. The van der Waals surface area contributed by atoms with Crippen molar-refractivity contribution in [2.24, 2.45) is 0 Å². The van der Waals surface area contributed by atoms with Crippen LogP contribution in [0.1, 0.15) is 5.56 Å². The second-order valence-electron chi connectivity index (χ2n) is 4.93. The monoisotopic (exact) mass is 285 g/mol. The Balaban J connectivity index is 1.77. The Kier molecular flexibility index (Phi) is 2.73. The van der Waals surface area contributed by atoms with Gasteiger partial charge in [-0.05, 0) is 18.2 Å². The average Bonchev–Trinajstić information content (AvgIpc) is 3.22. The third kappa shape index (κ3) is 1.95. The molecule has 4 rings (SSSR count). The van der Waals surface area contributed by atoms with Gasteiger partial charge in [-0.1, -0.05) is 24.3 Å². The van der Waals surface area contributed by atoms with Gasteiger partial charge in [0.05, 0.1) is 29.2 Å². The van der Waals surface area contributed by atoms with Crippen LogP contribution in [0.3, 0.4) is 0 Å². The number of hydrogen-bond donors (Lipinski definition) is 0. The van der Waals surface area contributed by atoms with Crippen LogP contribution >= 0.6 is 0 Å². The van der Waals surface area contributed by atoms with Crippen LogP contribution in [0.15, 0.2) is 67.3 Å². The fourth-order valence-corrected chi connectivity index (χ4v) is 2.43. The van der Waals surface area contributed by atoms with Crippen molar-refractivity contribution in [3.8, 4) is 22.9 Å². The van der Waals surface area contributed by atoms with Crippen molar-refractivity contribution in [2.75, 3.05) is 0 Å². The molecule has 0 atom stereocenters. The van der Waals surface area contributed by atoms with Crippen LogP contribution < -0.4 is 0 Å². The molecule has 3 aromatic heterocycles. The summed E-state index contributed by atoms with van der Waals surface area (Å²) in [6.45, 7) is 0. The smallest absolute Gasteiger partial charge is 0.103 e. The maximum Gasteiger partial charge on any atom is 0.103 e. The minimum atomic E-state index is 0.575. The molecule has 0 unspecified atom stereocenters. The first-order valence-corrected chi connectivity index (χ1v) is 6.83. The molecule has 0 saturated heterocycles. The van der Waals surface area contributed by atoms with E-state index in [0.29, 0.717) is 5.56 Å². The fraction of sp³-hybridized carbons (Fsp3) is 0. The van der Waals surface area contributed by atoms with E-state index in [0.717, 1.165) is 22.3 Å². The van der Waals surface area contributed by atoms with E-state index < -0.39 is 0 Å². The molecule has 0 aliphatic carbocycles. The Morgan fingerprint density at radius 1 is 0.864 bits per heavy atom. The zero-order valence-corrected chi connectivity index (χ0v) is 11.6. The van der Waals surface area contributed by atoms with E-state index >= 15 is 0 Å². The van der Waals surface area contributed by atoms with Crippen LogP contribution in [0.5, 0.6) is 0 Å². The summed E-state index contributed by atoms with van der Waals surface area (Å²) in [5.74, 6) is 0. The van der Waals surface area contributed by atoms with Gasteiger partial charge >= 0.3 is 0 Å². The number of nitriles is 1. The van der Waals surface area contributed by atoms with Crippen molar-refractivity contribution >= 4 is 5.52 Å². The number of fused-ring (bicyclic) bond motifs is 1. The number of rotatable bonds is 2. The third-order valence-corrected chi connectivity index (χ3v) is 3.57. The van der Waals surface area contributed by atoms with Crippen molar-refractivity contribution in [3.63, 3.8) is 0 Å². The van der Waals surface area contributed by atoms with Gasteiger partial charge in [0.2, 0.25) is 0 Å². The summed E-state index contributed by atoms with van der Waals surface area (Å²) in [5, 5.41) is 17.6. The van der Waals surface area contributed by atoms with Crippen LogP contribution in [-0.2, 0) is 0 Å². The molecular weight excluding hydrogens is 274 g/mol. The molecule has 5 heteroatoms. The zero-order chi connectivity index (χ0) is 14.9. The van der Waals surface area contributed by atoms with Gasteiger partial charge in [-0.15, -0.1) is 0 Å². The summed E-state index contributed by atoms with van der Waals surface area (Å²) in [7, 11) is 0. The second kappa shape index (κ2) is 4.86. The van der Waals surface area contributed by atoms with Crippen molar-refractivity contribution in [1.82, 2.24) is 19.4 Å². The van der Waals surface area contributed by atoms with Crippen LogP contribution in [0.25, 0.3) is 22.3 Å². The van der Waals surface area contributed by atoms with E-state index in [1.54, 1.807) is 10.7 Å². The van der Waals surface area contributed by atoms with Gasteiger partial charge in [0.25, 0.3) is 0 Å². The number of hydrogen-bond acceptors (Lipinski definition) is 3. The van der Waals surface area contributed by atoms with Gasteiger partial charge in [0, 0.05) is 23.5 Å². The quantitative estimate of drug-likeness (QED) is 0.568. The molecule has 0 spiro atoms. The first-order valence-electron chi connectivity index (χ1n) is 6.83. The highest BCUT2D eigenvalue weighted by atomic mass is 15.3. The lowest BCUT2D eigenvalue weighted by Crippen LogP contribution is -1.92. The van der Waals surface area contributed by atoms with E-state index in [1.807, 2.05) is 65.7 Å². The highest BCUT2D eigenvalue weighted by Crippen LogP contribution is 2.21. The third-order valence-electron chi connectivity index (χ3n) is 3.57. The van der Waals surface area contributed by atoms with E-state index in [2.05, 4.69) is 16.3 Å². The van der Waals surface area contributed by atoms with Crippen LogP contribution in [-0.4, -0.2) is 19.4 Å². The summed E-state index contributed by atoms with van der Waals surface area (Å²) >= 11 is 0.